The van der Waals surface area contributed by atoms with Gasteiger partial charge in [-0.05, 0) is 43.2 Å². The molecule has 1 fully saturated rings. The minimum absolute atomic E-state index is 0.0521. The molecule has 7 heteroatoms. The maximum Gasteiger partial charge on any atom is 0.255 e. The Morgan fingerprint density at radius 1 is 1.13 bits per heavy atom. The van der Waals surface area contributed by atoms with Crippen LogP contribution < -0.4 is 14.8 Å². The van der Waals surface area contributed by atoms with E-state index < -0.39 is 6.04 Å². The summed E-state index contributed by atoms with van der Waals surface area (Å²) in [7, 11) is 3.17. The summed E-state index contributed by atoms with van der Waals surface area (Å²) in [6.07, 6.45) is 0.831. The molecule has 1 aliphatic rings. The van der Waals surface area contributed by atoms with Gasteiger partial charge in [0, 0.05) is 17.4 Å². The van der Waals surface area contributed by atoms with E-state index in [9.17, 15) is 9.59 Å². The third-order valence-corrected chi connectivity index (χ3v) is 6.58. The number of ether oxygens (including phenoxy) is 2. The first kappa shape index (κ1) is 22.0. The lowest BCUT2D eigenvalue weighted by Gasteiger charge is -2.30. The lowest BCUT2D eigenvalue weighted by Crippen LogP contribution is -2.49. The molecule has 3 unspecified atom stereocenters. The molecular formula is C23H28N2O4S. The van der Waals surface area contributed by atoms with E-state index in [4.69, 9.17) is 9.47 Å². The molecule has 1 aliphatic heterocycles. The summed E-state index contributed by atoms with van der Waals surface area (Å²) in [6.45, 7) is 3.99. The number of nitrogens with zero attached hydrogens (tertiary/aromatic N) is 1. The number of methoxy groups -OCH3 is 2. The highest BCUT2D eigenvalue weighted by Gasteiger charge is 2.43. The van der Waals surface area contributed by atoms with Crippen LogP contribution in [0.15, 0.2) is 48.5 Å². The predicted molar refractivity (Wildman–Crippen MR) is 119 cm³/mol. The average molecular weight is 429 g/mol. The highest BCUT2D eigenvalue weighted by Crippen LogP contribution is 2.44. The minimum Gasteiger partial charge on any atom is -0.493 e. The van der Waals surface area contributed by atoms with Crippen molar-refractivity contribution in [1.82, 2.24) is 10.2 Å². The zero-order valence-electron chi connectivity index (χ0n) is 17.8. The lowest BCUT2D eigenvalue weighted by atomic mass is 10.1. The lowest BCUT2D eigenvalue weighted by molar-refractivity contribution is -0.125. The topological polar surface area (TPSA) is 67.9 Å². The van der Waals surface area contributed by atoms with Crippen LogP contribution in [0.5, 0.6) is 11.5 Å². The standard InChI is InChI=1S/C23H28N2O4S/c1-5-15(2)24-21(26)18-14-30-23(17-11-12-19(28-3)20(13-17)29-4)25(18)22(27)16-9-7-6-8-10-16/h6-13,15,18,23H,5,14H2,1-4H3,(H,24,26). The van der Waals surface area contributed by atoms with Gasteiger partial charge in [0.2, 0.25) is 5.91 Å². The Bertz CT molecular complexity index is 890. The molecule has 0 saturated carbocycles. The number of carbonyl (C=O) groups is 2. The Balaban J connectivity index is 1.97. The first-order valence-electron chi connectivity index (χ1n) is 10.0. The molecule has 1 heterocycles. The van der Waals surface area contributed by atoms with Crippen molar-refractivity contribution in [3.05, 3.63) is 59.7 Å². The van der Waals surface area contributed by atoms with E-state index in [1.54, 1.807) is 43.0 Å². The number of carbonyl (C=O) groups excluding carboxylic acids is 2. The van der Waals surface area contributed by atoms with Crippen molar-refractivity contribution in [3.63, 3.8) is 0 Å². The van der Waals surface area contributed by atoms with Gasteiger partial charge in [0.25, 0.3) is 5.91 Å². The predicted octanol–water partition coefficient (Wildman–Crippen LogP) is 3.87. The van der Waals surface area contributed by atoms with Gasteiger partial charge in [-0.1, -0.05) is 31.2 Å². The van der Waals surface area contributed by atoms with Crippen molar-refractivity contribution in [2.45, 2.75) is 37.7 Å². The molecular weight excluding hydrogens is 400 g/mol. The summed E-state index contributed by atoms with van der Waals surface area (Å²) in [4.78, 5) is 28.1. The first-order chi connectivity index (χ1) is 14.5. The zero-order valence-corrected chi connectivity index (χ0v) is 18.6. The summed E-state index contributed by atoms with van der Waals surface area (Å²) in [5, 5.41) is 2.73. The first-order valence-corrected chi connectivity index (χ1v) is 11.1. The van der Waals surface area contributed by atoms with Crippen LogP contribution in [0.4, 0.5) is 0 Å². The molecule has 1 saturated heterocycles. The minimum atomic E-state index is -0.546. The molecule has 2 aromatic carbocycles. The van der Waals surface area contributed by atoms with Crippen LogP contribution in [0.2, 0.25) is 0 Å². The van der Waals surface area contributed by atoms with Gasteiger partial charge in [0.1, 0.15) is 11.4 Å². The van der Waals surface area contributed by atoms with Gasteiger partial charge in [0.15, 0.2) is 11.5 Å². The van der Waals surface area contributed by atoms with Crippen LogP contribution in [0.1, 0.15) is 41.6 Å². The molecule has 30 heavy (non-hydrogen) atoms. The Morgan fingerprint density at radius 2 is 1.83 bits per heavy atom. The summed E-state index contributed by atoms with van der Waals surface area (Å²) >= 11 is 1.58. The van der Waals surface area contributed by atoms with Crippen molar-refractivity contribution in [1.29, 1.82) is 0 Å². The SMILES string of the molecule is CCC(C)NC(=O)C1CSC(c2ccc(OC)c(OC)c2)N1C(=O)c1ccccc1. The van der Waals surface area contributed by atoms with Crippen molar-refractivity contribution in [3.8, 4) is 11.5 Å². The maximum atomic E-state index is 13.5. The summed E-state index contributed by atoms with van der Waals surface area (Å²) < 4.78 is 10.8. The molecule has 0 aliphatic carbocycles. The largest absolute Gasteiger partial charge is 0.493 e. The molecule has 3 atom stereocenters. The van der Waals surface area contributed by atoms with Gasteiger partial charge in [-0.25, -0.2) is 0 Å². The van der Waals surface area contributed by atoms with Crippen LogP contribution >= 0.6 is 11.8 Å². The van der Waals surface area contributed by atoms with E-state index in [1.165, 1.54) is 0 Å². The van der Waals surface area contributed by atoms with E-state index in [1.807, 2.05) is 50.2 Å². The fraction of sp³-hybridized carbons (Fsp3) is 0.391. The van der Waals surface area contributed by atoms with Crippen molar-refractivity contribution < 1.29 is 19.1 Å². The molecule has 0 spiro atoms. The third kappa shape index (κ3) is 4.56. The Morgan fingerprint density at radius 3 is 2.47 bits per heavy atom. The zero-order chi connectivity index (χ0) is 21.7. The van der Waals surface area contributed by atoms with E-state index in [2.05, 4.69) is 5.32 Å². The van der Waals surface area contributed by atoms with Gasteiger partial charge in [0.05, 0.1) is 14.2 Å². The second-order valence-electron chi connectivity index (χ2n) is 7.21. The Hall–Kier alpha value is -2.67. The highest BCUT2D eigenvalue weighted by molar-refractivity contribution is 7.99. The molecule has 0 aromatic heterocycles. The second kappa shape index (κ2) is 9.89. The molecule has 2 amide bonds. The van der Waals surface area contributed by atoms with Crippen LogP contribution in [-0.2, 0) is 4.79 Å². The molecule has 3 rings (SSSR count). The van der Waals surface area contributed by atoms with Crippen molar-refractivity contribution in [2.75, 3.05) is 20.0 Å². The van der Waals surface area contributed by atoms with Gasteiger partial charge in [-0.2, -0.15) is 0 Å². The van der Waals surface area contributed by atoms with Gasteiger partial charge in [-0.15, -0.1) is 11.8 Å². The fourth-order valence-corrected chi connectivity index (χ4v) is 4.81. The summed E-state index contributed by atoms with van der Waals surface area (Å²) in [5.74, 6) is 1.46. The molecule has 1 N–H and O–H groups in total. The monoisotopic (exact) mass is 428 g/mol. The van der Waals surface area contributed by atoms with E-state index in [-0.39, 0.29) is 23.2 Å². The van der Waals surface area contributed by atoms with Crippen molar-refractivity contribution >= 4 is 23.6 Å². The molecule has 6 nitrogen and oxygen atoms in total. The van der Waals surface area contributed by atoms with Gasteiger partial charge in [-0.3, -0.25) is 9.59 Å². The van der Waals surface area contributed by atoms with Crippen LogP contribution in [0, 0.1) is 0 Å². The third-order valence-electron chi connectivity index (χ3n) is 5.25. The van der Waals surface area contributed by atoms with Gasteiger partial charge >= 0.3 is 0 Å². The van der Waals surface area contributed by atoms with E-state index in [0.29, 0.717) is 22.8 Å². The normalized spacial score (nSPS) is 19.3. The van der Waals surface area contributed by atoms with E-state index >= 15 is 0 Å². The fourth-order valence-electron chi connectivity index (χ4n) is 3.39. The Labute approximate surface area is 181 Å². The summed E-state index contributed by atoms with van der Waals surface area (Å²) in [6, 6.07) is 14.2. The van der Waals surface area contributed by atoms with Crippen molar-refractivity contribution in [2.24, 2.45) is 0 Å². The smallest absolute Gasteiger partial charge is 0.255 e. The number of rotatable bonds is 7. The van der Waals surface area contributed by atoms with Crippen LogP contribution in [-0.4, -0.2) is 48.8 Å². The van der Waals surface area contributed by atoms with Crippen LogP contribution in [0.25, 0.3) is 0 Å². The summed E-state index contributed by atoms with van der Waals surface area (Å²) in [5.41, 5.74) is 1.45. The maximum absolute atomic E-state index is 13.5. The number of hydrogen-bond donors (Lipinski definition) is 1. The average Bonchev–Trinajstić information content (AvgIpc) is 3.23. The quantitative estimate of drug-likeness (QED) is 0.725. The molecule has 160 valence electrons. The molecule has 0 radical (unpaired) electrons. The number of nitrogens with one attached hydrogen (secondary N) is 1. The molecule has 2 aromatic rings. The number of benzene rings is 2. The number of amides is 2. The second-order valence-corrected chi connectivity index (χ2v) is 8.33. The Kier molecular flexibility index (Phi) is 7.26. The van der Waals surface area contributed by atoms with Gasteiger partial charge < -0.3 is 19.7 Å². The number of thioether (sulfide) groups is 1. The van der Waals surface area contributed by atoms with Crippen LogP contribution in [0.3, 0.4) is 0 Å². The van der Waals surface area contributed by atoms with E-state index in [0.717, 1.165) is 12.0 Å². The molecule has 0 bridgehead atoms. The highest BCUT2D eigenvalue weighted by atomic mass is 32.2. The number of hydrogen-bond acceptors (Lipinski definition) is 5.